The Morgan fingerprint density at radius 3 is 2.76 bits per heavy atom. The van der Waals surface area contributed by atoms with Crippen LogP contribution >= 0.6 is 11.6 Å². The number of rotatable bonds is 4. The molecule has 3 rings (SSSR count). The second-order valence-electron chi connectivity index (χ2n) is 6.15. The molecule has 1 aromatic carbocycles. The van der Waals surface area contributed by atoms with Gasteiger partial charge in [0.2, 0.25) is 0 Å². The van der Waals surface area contributed by atoms with Gasteiger partial charge in [0.15, 0.2) is 5.96 Å². The number of nitrogens with zero attached hydrogens (tertiary/aromatic N) is 5. The predicted octanol–water partition coefficient (Wildman–Crippen LogP) is 2.24. The first-order valence-electron chi connectivity index (χ1n) is 8.61. The Morgan fingerprint density at radius 2 is 2.08 bits per heavy atom. The minimum Gasteiger partial charge on any atom is -0.368 e. The van der Waals surface area contributed by atoms with Gasteiger partial charge in [-0.1, -0.05) is 17.7 Å². The van der Waals surface area contributed by atoms with Crippen LogP contribution in [0, 0.1) is 6.92 Å². The number of aromatic nitrogens is 2. The van der Waals surface area contributed by atoms with E-state index < -0.39 is 0 Å². The number of aryl methyl sites for hydroxylation is 1. The fourth-order valence-corrected chi connectivity index (χ4v) is 3.30. The van der Waals surface area contributed by atoms with Crippen molar-refractivity contribution in [1.29, 1.82) is 0 Å². The van der Waals surface area contributed by atoms with Gasteiger partial charge in [-0.3, -0.25) is 9.67 Å². The number of halogens is 1. The Labute approximate surface area is 154 Å². The molecule has 134 valence electrons. The second-order valence-corrected chi connectivity index (χ2v) is 6.58. The number of nitrogens with one attached hydrogen (secondary N) is 1. The zero-order valence-corrected chi connectivity index (χ0v) is 15.6. The second kappa shape index (κ2) is 8.25. The first-order valence-corrected chi connectivity index (χ1v) is 8.99. The van der Waals surface area contributed by atoms with E-state index in [0.29, 0.717) is 0 Å². The van der Waals surface area contributed by atoms with E-state index in [4.69, 9.17) is 11.6 Å². The highest BCUT2D eigenvalue weighted by molar-refractivity contribution is 6.30. The number of hydrogen-bond donors (Lipinski definition) is 1. The molecule has 0 saturated carbocycles. The van der Waals surface area contributed by atoms with Crippen LogP contribution in [0.3, 0.4) is 0 Å². The van der Waals surface area contributed by atoms with E-state index in [0.717, 1.165) is 50.3 Å². The lowest BCUT2D eigenvalue weighted by atomic mass is 10.1. The number of anilines is 1. The Morgan fingerprint density at radius 1 is 1.28 bits per heavy atom. The van der Waals surface area contributed by atoms with Crippen molar-refractivity contribution in [3.63, 3.8) is 0 Å². The van der Waals surface area contributed by atoms with Crippen LogP contribution < -0.4 is 10.2 Å². The van der Waals surface area contributed by atoms with E-state index in [1.165, 1.54) is 11.3 Å². The first-order chi connectivity index (χ1) is 12.2. The molecule has 0 radical (unpaired) electrons. The van der Waals surface area contributed by atoms with Crippen molar-refractivity contribution < 1.29 is 0 Å². The molecule has 2 aromatic rings. The van der Waals surface area contributed by atoms with Crippen molar-refractivity contribution in [2.45, 2.75) is 13.5 Å². The van der Waals surface area contributed by atoms with Crippen molar-refractivity contribution in [3.05, 3.63) is 47.2 Å². The van der Waals surface area contributed by atoms with Crippen LogP contribution in [0.15, 0.2) is 41.7 Å². The van der Waals surface area contributed by atoms with Gasteiger partial charge in [0.25, 0.3) is 0 Å². The molecular formula is C18H25ClN6. The smallest absolute Gasteiger partial charge is 0.193 e. The van der Waals surface area contributed by atoms with Crippen LogP contribution in [-0.2, 0) is 6.54 Å². The largest absolute Gasteiger partial charge is 0.368 e. The summed E-state index contributed by atoms with van der Waals surface area (Å²) >= 11 is 6.16. The molecule has 6 nitrogen and oxygen atoms in total. The van der Waals surface area contributed by atoms with Gasteiger partial charge in [-0.15, -0.1) is 0 Å². The maximum atomic E-state index is 6.16. The number of benzene rings is 1. The summed E-state index contributed by atoms with van der Waals surface area (Å²) in [5.41, 5.74) is 2.49. The molecule has 0 aliphatic carbocycles. The molecule has 1 aliphatic heterocycles. The average molecular weight is 361 g/mol. The Balaban J connectivity index is 1.52. The third kappa shape index (κ3) is 4.45. The Kier molecular flexibility index (Phi) is 5.81. The molecular weight excluding hydrogens is 336 g/mol. The Hall–Kier alpha value is -2.21. The SMILES string of the molecule is CN=C(NCCn1cccn1)N1CCN(c2cc(Cl)ccc2C)CC1. The van der Waals surface area contributed by atoms with Gasteiger partial charge in [-0.25, -0.2) is 0 Å². The summed E-state index contributed by atoms with van der Waals surface area (Å²) in [7, 11) is 1.84. The molecule has 2 heterocycles. The van der Waals surface area contributed by atoms with Gasteiger partial charge < -0.3 is 15.1 Å². The van der Waals surface area contributed by atoms with E-state index in [2.05, 4.69) is 44.3 Å². The zero-order valence-electron chi connectivity index (χ0n) is 14.8. The summed E-state index contributed by atoms with van der Waals surface area (Å²) in [5.74, 6) is 0.953. The van der Waals surface area contributed by atoms with Gasteiger partial charge in [0.05, 0.1) is 6.54 Å². The third-order valence-corrected chi connectivity index (χ3v) is 4.72. The van der Waals surface area contributed by atoms with Gasteiger partial charge in [0.1, 0.15) is 0 Å². The highest BCUT2D eigenvalue weighted by Crippen LogP contribution is 2.25. The standard InChI is InChI=1S/C18H25ClN6/c1-15-4-5-16(19)14-17(15)23-10-12-24(13-11-23)18(20-2)21-7-9-25-8-3-6-22-25/h3-6,8,14H,7,9-13H2,1-2H3,(H,20,21). The van der Waals surface area contributed by atoms with E-state index in [-0.39, 0.29) is 0 Å². The molecule has 1 fully saturated rings. The summed E-state index contributed by atoms with van der Waals surface area (Å²) in [6.45, 7) is 7.56. The van der Waals surface area contributed by atoms with Gasteiger partial charge in [-0.05, 0) is 30.7 Å². The van der Waals surface area contributed by atoms with Crippen LogP contribution in [0.1, 0.15) is 5.56 Å². The monoisotopic (exact) mass is 360 g/mol. The quantitative estimate of drug-likeness (QED) is 0.671. The normalized spacial score (nSPS) is 15.6. The number of guanidine groups is 1. The third-order valence-electron chi connectivity index (χ3n) is 4.49. The molecule has 1 saturated heterocycles. The summed E-state index contributed by atoms with van der Waals surface area (Å²) in [5, 5.41) is 8.43. The Bertz CT molecular complexity index is 704. The molecule has 0 atom stereocenters. The van der Waals surface area contributed by atoms with E-state index in [1.807, 2.05) is 30.1 Å². The summed E-state index contributed by atoms with van der Waals surface area (Å²) < 4.78 is 1.92. The van der Waals surface area contributed by atoms with Crippen LogP contribution in [0.5, 0.6) is 0 Å². The van der Waals surface area contributed by atoms with Crippen molar-refractivity contribution in [1.82, 2.24) is 20.0 Å². The predicted molar refractivity (Wildman–Crippen MR) is 104 cm³/mol. The van der Waals surface area contributed by atoms with Gasteiger partial charge in [-0.2, -0.15) is 5.10 Å². The topological polar surface area (TPSA) is 48.7 Å². The fourth-order valence-electron chi connectivity index (χ4n) is 3.13. The molecule has 1 aliphatic rings. The van der Waals surface area contributed by atoms with Crippen molar-refractivity contribution in [2.24, 2.45) is 4.99 Å². The maximum absolute atomic E-state index is 6.16. The lowest BCUT2D eigenvalue weighted by Gasteiger charge is -2.38. The summed E-state index contributed by atoms with van der Waals surface area (Å²) in [4.78, 5) is 9.12. The van der Waals surface area contributed by atoms with Crippen LogP contribution in [-0.4, -0.2) is 60.4 Å². The molecule has 1 aromatic heterocycles. The zero-order chi connectivity index (χ0) is 17.6. The lowest BCUT2D eigenvalue weighted by molar-refractivity contribution is 0.371. The van der Waals surface area contributed by atoms with E-state index in [1.54, 1.807) is 6.20 Å². The molecule has 0 spiro atoms. The highest BCUT2D eigenvalue weighted by Gasteiger charge is 2.20. The summed E-state index contributed by atoms with van der Waals surface area (Å²) in [6.07, 6.45) is 3.77. The number of aliphatic imine (C=N–C) groups is 1. The number of hydrogen-bond acceptors (Lipinski definition) is 3. The van der Waals surface area contributed by atoms with Crippen LogP contribution in [0.25, 0.3) is 0 Å². The van der Waals surface area contributed by atoms with Crippen molar-refractivity contribution >= 4 is 23.2 Å². The molecule has 25 heavy (non-hydrogen) atoms. The van der Waals surface area contributed by atoms with Crippen LogP contribution in [0.2, 0.25) is 5.02 Å². The average Bonchev–Trinajstić information content (AvgIpc) is 3.15. The fraction of sp³-hybridized carbons (Fsp3) is 0.444. The molecule has 0 unspecified atom stereocenters. The summed E-state index contributed by atoms with van der Waals surface area (Å²) in [6, 6.07) is 8.03. The van der Waals surface area contributed by atoms with Crippen LogP contribution in [0.4, 0.5) is 5.69 Å². The maximum Gasteiger partial charge on any atom is 0.193 e. The van der Waals surface area contributed by atoms with Crippen molar-refractivity contribution in [2.75, 3.05) is 44.7 Å². The highest BCUT2D eigenvalue weighted by atomic mass is 35.5. The van der Waals surface area contributed by atoms with E-state index in [9.17, 15) is 0 Å². The lowest BCUT2D eigenvalue weighted by Crippen LogP contribution is -2.53. The van der Waals surface area contributed by atoms with Gasteiger partial charge in [0, 0.05) is 62.9 Å². The minimum atomic E-state index is 0.791. The van der Waals surface area contributed by atoms with Gasteiger partial charge >= 0.3 is 0 Å². The molecule has 0 amide bonds. The number of piperazine rings is 1. The van der Waals surface area contributed by atoms with E-state index >= 15 is 0 Å². The minimum absolute atomic E-state index is 0.791. The molecule has 1 N–H and O–H groups in total. The molecule has 7 heteroatoms. The molecule has 0 bridgehead atoms. The first kappa shape index (κ1) is 17.6. The van der Waals surface area contributed by atoms with Crippen molar-refractivity contribution in [3.8, 4) is 0 Å².